The van der Waals surface area contributed by atoms with Crippen molar-refractivity contribution in [3.8, 4) is 0 Å². The molecule has 1 aromatic heterocycles. The van der Waals surface area contributed by atoms with Crippen molar-refractivity contribution in [1.82, 2.24) is 0 Å². The zero-order chi connectivity index (χ0) is 7.23. The summed E-state index contributed by atoms with van der Waals surface area (Å²) in [5.41, 5.74) is 1.19. The first kappa shape index (κ1) is 7.35. The van der Waals surface area contributed by atoms with Gasteiger partial charge in [0.15, 0.2) is 0 Å². The van der Waals surface area contributed by atoms with E-state index in [1.165, 1.54) is 5.56 Å². The second-order valence-corrected chi connectivity index (χ2v) is 2.29. The maximum absolute atomic E-state index is 10.0. The quantitative estimate of drug-likeness (QED) is 0.587. The van der Waals surface area contributed by atoms with Crippen LogP contribution in [-0.2, 0) is 11.5 Å². The maximum Gasteiger partial charge on any atom is 0.0934 e. The molecule has 2 heteroatoms. The molecular weight excluding hydrogens is 128 g/mol. The monoisotopic (exact) mass is 139 g/mol. The van der Waals surface area contributed by atoms with E-state index in [1.807, 2.05) is 6.07 Å². The summed E-state index contributed by atoms with van der Waals surface area (Å²) in [5, 5.41) is 10.0. The first-order chi connectivity index (χ1) is 4.93. The fourth-order valence-corrected chi connectivity index (χ4v) is 0.866. The Balaban J connectivity index is 2.15. The highest BCUT2D eigenvalue weighted by Gasteiger charge is 1.92. The molecule has 0 aliphatic carbocycles. The zero-order valence-corrected chi connectivity index (χ0v) is 5.88. The first-order valence-corrected chi connectivity index (χ1v) is 3.52. The standard InChI is InChI=1S/C8H11O2/c9-5-2-1-3-8-4-6-10-7-8/h4,6-7H,1-3,5H2. The van der Waals surface area contributed by atoms with Gasteiger partial charge in [-0.25, -0.2) is 5.11 Å². The van der Waals surface area contributed by atoms with E-state index < -0.39 is 0 Å². The van der Waals surface area contributed by atoms with Gasteiger partial charge in [0, 0.05) is 0 Å². The molecule has 0 saturated heterocycles. The molecule has 0 unspecified atom stereocenters. The highest BCUT2D eigenvalue weighted by Crippen LogP contribution is 2.04. The van der Waals surface area contributed by atoms with Gasteiger partial charge in [0.25, 0.3) is 0 Å². The second-order valence-electron chi connectivity index (χ2n) is 2.29. The van der Waals surface area contributed by atoms with Crippen molar-refractivity contribution >= 4 is 0 Å². The topological polar surface area (TPSA) is 33.0 Å². The molecule has 55 valence electrons. The summed E-state index contributed by atoms with van der Waals surface area (Å²) in [5.74, 6) is 0. The van der Waals surface area contributed by atoms with Crippen molar-refractivity contribution in [2.75, 3.05) is 6.61 Å². The molecular formula is C8H11O2. The molecule has 0 amide bonds. The fourth-order valence-electron chi connectivity index (χ4n) is 0.866. The number of furan rings is 1. The summed E-state index contributed by atoms with van der Waals surface area (Å²) in [6.45, 7) is 0.0395. The summed E-state index contributed by atoms with van der Waals surface area (Å²) in [6, 6.07) is 1.94. The maximum atomic E-state index is 10.0. The normalized spacial score (nSPS) is 10.1. The van der Waals surface area contributed by atoms with Crippen LogP contribution in [0, 0.1) is 0 Å². The summed E-state index contributed by atoms with van der Waals surface area (Å²) in [6.07, 6.45) is 6.10. The number of rotatable bonds is 4. The highest BCUT2D eigenvalue weighted by atomic mass is 16.3. The summed E-state index contributed by atoms with van der Waals surface area (Å²) < 4.78 is 4.87. The molecule has 1 rings (SSSR count). The molecule has 0 aliphatic rings. The molecule has 0 N–H and O–H groups in total. The average Bonchev–Trinajstić information content (AvgIpc) is 2.41. The van der Waals surface area contributed by atoms with Crippen LogP contribution >= 0.6 is 0 Å². The lowest BCUT2D eigenvalue weighted by Crippen LogP contribution is -1.84. The third-order valence-electron chi connectivity index (χ3n) is 1.44. The lowest BCUT2D eigenvalue weighted by atomic mass is 10.1. The highest BCUT2D eigenvalue weighted by molar-refractivity contribution is 5.04. The van der Waals surface area contributed by atoms with Crippen molar-refractivity contribution < 1.29 is 9.52 Å². The van der Waals surface area contributed by atoms with Crippen molar-refractivity contribution in [3.05, 3.63) is 24.2 Å². The fraction of sp³-hybridized carbons (Fsp3) is 0.500. The van der Waals surface area contributed by atoms with E-state index in [0.717, 1.165) is 19.3 Å². The molecule has 0 atom stereocenters. The molecule has 1 aromatic rings. The van der Waals surface area contributed by atoms with E-state index in [4.69, 9.17) is 4.42 Å². The van der Waals surface area contributed by atoms with Gasteiger partial charge in [0.05, 0.1) is 19.1 Å². The van der Waals surface area contributed by atoms with Gasteiger partial charge in [-0.3, -0.25) is 0 Å². The summed E-state index contributed by atoms with van der Waals surface area (Å²) in [4.78, 5) is 0. The van der Waals surface area contributed by atoms with Gasteiger partial charge < -0.3 is 4.42 Å². The Morgan fingerprint density at radius 1 is 1.40 bits per heavy atom. The lowest BCUT2D eigenvalue weighted by Gasteiger charge is -1.91. The van der Waals surface area contributed by atoms with Gasteiger partial charge in [0.1, 0.15) is 0 Å². The second kappa shape index (κ2) is 4.12. The van der Waals surface area contributed by atoms with Crippen molar-refractivity contribution in [3.63, 3.8) is 0 Å². The largest absolute Gasteiger partial charge is 0.472 e. The molecule has 2 nitrogen and oxygen atoms in total. The van der Waals surface area contributed by atoms with E-state index in [9.17, 15) is 5.11 Å². The Morgan fingerprint density at radius 2 is 2.30 bits per heavy atom. The van der Waals surface area contributed by atoms with E-state index in [0.29, 0.717) is 0 Å². The van der Waals surface area contributed by atoms with E-state index in [1.54, 1.807) is 12.5 Å². The molecule has 0 fully saturated rings. The molecule has 10 heavy (non-hydrogen) atoms. The Bertz CT molecular complexity index is 156. The predicted molar refractivity (Wildman–Crippen MR) is 37.2 cm³/mol. The van der Waals surface area contributed by atoms with Crippen molar-refractivity contribution in [1.29, 1.82) is 0 Å². The van der Waals surface area contributed by atoms with Crippen molar-refractivity contribution in [2.24, 2.45) is 0 Å². The van der Waals surface area contributed by atoms with Crippen LogP contribution in [0.15, 0.2) is 23.0 Å². The molecule has 0 aliphatic heterocycles. The van der Waals surface area contributed by atoms with Crippen LogP contribution in [0.5, 0.6) is 0 Å². The van der Waals surface area contributed by atoms with Crippen LogP contribution in [0.1, 0.15) is 18.4 Å². The van der Waals surface area contributed by atoms with Crippen LogP contribution in [0.25, 0.3) is 0 Å². The Labute approximate surface area is 60.5 Å². The molecule has 0 bridgehead atoms. The van der Waals surface area contributed by atoms with Crippen LogP contribution in [0.2, 0.25) is 0 Å². The zero-order valence-electron chi connectivity index (χ0n) is 5.88. The summed E-state index contributed by atoms with van der Waals surface area (Å²) in [7, 11) is 0. The molecule has 1 radical (unpaired) electrons. The van der Waals surface area contributed by atoms with Crippen LogP contribution in [0.4, 0.5) is 0 Å². The minimum absolute atomic E-state index is 0.0395. The average molecular weight is 139 g/mol. The minimum Gasteiger partial charge on any atom is -0.472 e. The molecule has 1 heterocycles. The number of aryl methyl sites for hydroxylation is 1. The number of hydrogen-bond acceptors (Lipinski definition) is 1. The molecule has 0 spiro atoms. The van der Waals surface area contributed by atoms with Gasteiger partial charge in [-0.2, -0.15) is 0 Å². The Kier molecular flexibility index (Phi) is 3.03. The predicted octanol–water partition coefficient (Wildman–Crippen LogP) is 2.03. The van der Waals surface area contributed by atoms with E-state index in [-0.39, 0.29) is 6.61 Å². The first-order valence-electron chi connectivity index (χ1n) is 3.52. The third kappa shape index (κ3) is 2.23. The van der Waals surface area contributed by atoms with Gasteiger partial charge in [-0.05, 0) is 30.9 Å². The van der Waals surface area contributed by atoms with Gasteiger partial charge in [-0.15, -0.1) is 0 Å². The van der Waals surface area contributed by atoms with E-state index in [2.05, 4.69) is 0 Å². The van der Waals surface area contributed by atoms with Crippen molar-refractivity contribution in [2.45, 2.75) is 19.3 Å². The third-order valence-corrected chi connectivity index (χ3v) is 1.44. The van der Waals surface area contributed by atoms with Gasteiger partial charge >= 0.3 is 0 Å². The van der Waals surface area contributed by atoms with Gasteiger partial charge in [0.2, 0.25) is 0 Å². The minimum atomic E-state index is 0.0395. The van der Waals surface area contributed by atoms with Crippen LogP contribution < -0.4 is 0 Å². The van der Waals surface area contributed by atoms with Crippen LogP contribution in [0.3, 0.4) is 0 Å². The Morgan fingerprint density at radius 3 is 2.90 bits per heavy atom. The van der Waals surface area contributed by atoms with Crippen LogP contribution in [-0.4, -0.2) is 6.61 Å². The SMILES string of the molecule is [O]CCCCc1ccoc1. The van der Waals surface area contributed by atoms with Gasteiger partial charge in [-0.1, -0.05) is 0 Å². The molecule has 0 aromatic carbocycles. The number of hydrogen-bond donors (Lipinski definition) is 0. The Hall–Kier alpha value is -0.760. The summed E-state index contributed by atoms with van der Waals surface area (Å²) >= 11 is 0. The lowest BCUT2D eigenvalue weighted by molar-refractivity contribution is 0.187. The van der Waals surface area contributed by atoms with E-state index >= 15 is 0 Å². The smallest absolute Gasteiger partial charge is 0.0934 e. The number of unbranched alkanes of at least 4 members (excludes halogenated alkanes) is 1. The molecule has 0 saturated carbocycles.